The van der Waals surface area contributed by atoms with Crippen molar-refractivity contribution in [2.24, 2.45) is 23.2 Å². The van der Waals surface area contributed by atoms with Gasteiger partial charge >= 0.3 is 0 Å². The molecule has 5 fully saturated rings. The van der Waals surface area contributed by atoms with E-state index in [9.17, 15) is 9.59 Å². The third kappa shape index (κ3) is 2.90. The number of carbonyl (C=O) groups excluding carboxylic acids is 2. The van der Waals surface area contributed by atoms with Crippen LogP contribution in [0.15, 0.2) is 24.3 Å². The molecule has 5 aliphatic rings. The highest BCUT2D eigenvalue weighted by Gasteiger charge is 2.55. The molecular weight excluding hydrogens is 350 g/mol. The highest BCUT2D eigenvalue weighted by Crippen LogP contribution is 2.60. The van der Waals surface area contributed by atoms with Gasteiger partial charge in [0.05, 0.1) is 17.0 Å². The van der Waals surface area contributed by atoms with Gasteiger partial charge in [-0.2, -0.15) is 5.26 Å². The third-order valence-corrected chi connectivity index (χ3v) is 7.61. The molecule has 4 aliphatic carbocycles. The van der Waals surface area contributed by atoms with Gasteiger partial charge in [-0.15, -0.1) is 0 Å². The Labute approximate surface area is 166 Å². The molecule has 1 aromatic carbocycles. The van der Waals surface area contributed by atoms with E-state index >= 15 is 0 Å². The Hall–Kier alpha value is -2.35. The van der Waals surface area contributed by atoms with Gasteiger partial charge in [-0.05, 0) is 80.5 Å². The summed E-state index contributed by atoms with van der Waals surface area (Å²) >= 11 is 0. The number of carbonyl (C=O) groups is 2. The van der Waals surface area contributed by atoms with E-state index in [4.69, 9.17) is 5.26 Å². The Bertz CT molecular complexity index is 795. The highest BCUT2D eigenvalue weighted by molar-refractivity contribution is 5.94. The van der Waals surface area contributed by atoms with Crippen molar-refractivity contribution in [3.63, 3.8) is 0 Å². The van der Waals surface area contributed by atoms with Gasteiger partial charge < -0.3 is 9.80 Å². The van der Waals surface area contributed by atoms with Gasteiger partial charge in [0.15, 0.2) is 0 Å². The molecule has 0 unspecified atom stereocenters. The standard InChI is InChI=1S/C23H27N3O2/c24-15-16-1-3-20(4-2-16)21(27)25-5-7-26(8-6-25)22(28)23-12-17-9-18(13-23)11-19(10-17)14-23/h1-4,17-19H,5-14H2. The zero-order valence-corrected chi connectivity index (χ0v) is 16.3. The van der Waals surface area contributed by atoms with Crippen LogP contribution in [0.4, 0.5) is 0 Å². The van der Waals surface area contributed by atoms with Crippen LogP contribution < -0.4 is 0 Å². The Morgan fingerprint density at radius 3 is 1.86 bits per heavy atom. The number of rotatable bonds is 2. The first-order valence-electron chi connectivity index (χ1n) is 10.7. The van der Waals surface area contributed by atoms with Gasteiger partial charge in [0.1, 0.15) is 0 Å². The van der Waals surface area contributed by atoms with Crippen molar-refractivity contribution in [1.29, 1.82) is 5.26 Å². The van der Waals surface area contributed by atoms with E-state index in [0.29, 0.717) is 43.2 Å². The van der Waals surface area contributed by atoms with Gasteiger partial charge in [-0.1, -0.05) is 0 Å². The van der Waals surface area contributed by atoms with E-state index in [0.717, 1.165) is 37.0 Å². The maximum Gasteiger partial charge on any atom is 0.253 e. The van der Waals surface area contributed by atoms with Crippen LogP contribution in [0.5, 0.6) is 0 Å². The molecule has 6 rings (SSSR count). The maximum atomic E-state index is 13.5. The van der Waals surface area contributed by atoms with Crippen molar-refractivity contribution >= 4 is 11.8 Å². The number of nitriles is 1. The van der Waals surface area contributed by atoms with E-state index in [1.807, 2.05) is 9.80 Å². The van der Waals surface area contributed by atoms with Crippen molar-refractivity contribution in [2.45, 2.75) is 38.5 Å². The van der Waals surface area contributed by atoms with Crippen molar-refractivity contribution in [1.82, 2.24) is 9.80 Å². The topological polar surface area (TPSA) is 64.4 Å². The van der Waals surface area contributed by atoms with Crippen molar-refractivity contribution in [3.05, 3.63) is 35.4 Å². The SMILES string of the molecule is N#Cc1ccc(C(=O)N2CCN(C(=O)C34CC5CC(CC(C5)C3)C4)CC2)cc1. The fraction of sp³-hybridized carbons (Fsp3) is 0.609. The number of hydrogen-bond acceptors (Lipinski definition) is 3. The Balaban J connectivity index is 1.23. The first-order valence-corrected chi connectivity index (χ1v) is 10.7. The summed E-state index contributed by atoms with van der Waals surface area (Å²) in [4.78, 5) is 30.1. The average molecular weight is 377 g/mol. The molecule has 0 aromatic heterocycles. The molecule has 2 amide bonds. The molecule has 1 heterocycles. The van der Waals surface area contributed by atoms with Crippen LogP contribution in [0.1, 0.15) is 54.4 Å². The molecule has 1 aliphatic heterocycles. The van der Waals surface area contributed by atoms with E-state index in [2.05, 4.69) is 6.07 Å². The first kappa shape index (κ1) is 17.7. The molecule has 0 radical (unpaired) electrons. The Kier molecular flexibility index (Phi) is 4.19. The zero-order chi connectivity index (χ0) is 19.3. The lowest BCUT2D eigenvalue weighted by atomic mass is 9.49. The summed E-state index contributed by atoms with van der Waals surface area (Å²) < 4.78 is 0. The summed E-state index contributed by atoms with van der Waals surface area (Å²) in [5.41, 5.74) is 1.08. The maximum absolute atomic E-state index is 13.5. The molecular formula is C23H27N3O2. The largest absolute Gasteiger partial charge is 0.339 e. The van der Waals surface area contributed by atoms with Crippen LogP contribution in [0.2, 0.25) is 0 Å². The quantitative estimate of drug-likeness (QED) is 0.796. The van der Waals surface area contributed by atoms with E-state index < -0.39 is 0 Å². The van der Waals surface area contributed by atoms with Crippen molar-refractivity contribution in [3.8, 4) is 6.07 Å². The van der Waals surface area contributed by atoms with Gasteiger partial charge in [0.25, 0.3) is 5.91 Å². The molecule has 5 nitrogen and oxygen atoms in total. The summed E-state index contributed by atoms with van der Waals surface area (Å²) in [6.45, 7) is 2.47. The molecule has 146 valence electrons. The van der Waals surface area contributed by atoms with Gasteiger partial charge in [0, 0.05) is 31.7 Å². The molecule has 28 heavy (non-hydrogen) atoms. The number of nitrogens with zero attached hydrogens (tertiary/aromatic N) is 3. The zero-order valence-electron chi connectivity index (χ0n) is 16.3. The lowest BCUT2D eigenvalue weighted by molar-refractivity contribution is -0.159. The fourth-order valence-corrected chi connectivity index (χ4v) is 6.69. The number of piperazine rings is 1. The minimum atomic E-state index is -0.0892. The van der Waals surface area contributed by atoms with E-state index in [-0.39, 0.29) is 11.3 Å². The monoisotopic (exact) mass is 377 g/mol. The number of hydrogen-bond donors (Lipinski definition) is 0. The number of amides is 2. The van der Waals surface area contributed by atoms with Crippen LogP contribution in [0.3, 0.4) is 0 Å². The first-order chi connectivity index (χ1) is 13.6. The van der Waals surface area contributed by atoms with Crippen molar-refractivity contribution < 1.29 is 9.59 Å². The van der Waals surface area contributed by atoms with E-state index in [1.165, 1.54) is 19.3 Å². The normalized spacial score (nSPS) is 33.6. The molecule has 0 atom stereocenters. The predicted octanol–water partition coefficient (Wildman–Crippen LogP) is 3.06. The molecule has 0 N–H and O–H groups in total. The molecule has 1 aromatic rings. The lowest BCUT2D eigenvalue weighted by Gasteiger charge is -2.57. The van der Waals surface area contributed by atoms with Crippen LogP contribution >= 0.6 is 0 Å². The Morgan fingerprint density at radius 1 is 0.857 bits per heavy atom. The fourth-order valence-electron chi connectivity index (χ4n) is 6.69. The smallest absolute Gasteiger partial charge is 0.253 e. The van der Waals surface area contributed by atoms with Crippen LogP contribution in [0, 0.1) is 34.5 Å². The molecule has 4 saturated carbocycles. The highest BCUT2D eigenvalue weighted by atomic mass is 16.2. The van der Waals surface area contributed by atoms with Gasteiger partial charge in [-0.25, -0.2) is 0 Å². The summed E-state index contributed by atoms with van der Waals surface area (Å²) in [7, 11) is 0. The minimum Gasteiger partial charge on any atom is -0.339 e. The molecule has 5 heteroatoms. The summed E-state index contributed by atoms with van der Waals surface area (Å²) in [5.74, 6) is 2.68. The van der Waals surface area contributed by atoms with Crippen LogP contribution in [-0.2, 0) is 4.79 Å². The Morgan fingerprint density at radius 2 is 1.36 bits per heavy atom. The second-order valence-corrected chi connectivity index (χ2v) is 9.47. The summed E-state index contributed by atoms with van der Waals surface area (Å²) in [6, 6.07) is 8.87. The summed E-state index contributed by atoms with van der Waals surface area (Å²) in [6.07, 6.45) is 7.34. The third-order valence-electron chi connectivity index (χ3n) is 7.61. The van der Waals surface area contributed by atoms with Crippen LogP contribution in [0.25, 0.3) is 0 Å². The second-order valence-electron chi connectivity index (χ2n) is 9.47. The predicted molar refractivity (Wildman–Crippen MR) is 104 cm³/mol. The minimum absolute atomic E-state index is 0.00797. The second kappa shape index (κ2) is 6.62. The van der Waals surface area contributed by atoms with Gasteiger partial charge in [-0.3, -0.25) is 9.59 Å². The van der Waals surface area contributed by atoms with Crippen molar-refractivity contribution in [2.75, 3.05) is 26.2 Å². The number of benzene rings is 1. The molecule has 1 saturated heterocycles. The summed E-state index contributed by atoms with van der Waals surface area (Å²) in [5, 5.41) is 8.90. The van der Waals surface area contributed by atoms with Crippen LogP contribution in [-0.4, -0.2) is 47.8 Å². The van der Waals surface area contributed by atoms with Gasteiger partial charge in [0.2, 0.25) is 5.91 Å². The van der Waals surface area contributed by atoms with E-state index in [1.54, 1.807) is 24.3 Å². The average Bonchev–Trinajstić information content (AvgIpc) is 2.72. The molecule has 0 spiro atoms. The lowest BCUT2D eigenvalue weighted by Crippen LogP contribution is -2.58. The molecule has 4 bridgehead atoms.